The first-order valence-corrected chi connectivity index (χ1v) is 18.0. The van der Waals surface area contributed by atoms with E-state index >= 15 is 0 Å². The summed E-state index contributed by atoms with van der Waals surface area (Å²) in [5.74, 6) is 0.0314. The van der Waals surface area contributed by atoms with E-state index in [0.717, 1.165) is 110 Å². The van der Waals surface area contributed by atoms with Gasteiger partial charge >= 0.3 is 0 Å². The number of fused-ring (bicyclic) bond motifs is 8. The molecule has 0 atom stereocenters. The number of hydrogen-bond donors (Lipinski definition) is 2. The summed E-state index contributed by atoms with van der Waals surface area (Å²) >= 11 is 0. The molecule has 0 spiro atoms. The molecule has 8 bridgehead atoms. The topological polar surface area (TPSA) is 77.7 Å². The summed E-state index contributed by atoms with van der Waals surface area (Å²) in [6.07, 6.45) is 15.3. The highest BCUT2D eigenvalue weighted by molar-refractivity contribution is 5.99. The highest BCUT2D eigenvalue weighted by atomic mass is 16.2. The third-order valence-corrected chi connectivity index (χ3v) is 10.0. The number of likely N-dealkylation sites (tertiary alicyclic amines) is 1. The Balaban J connectivity index is 1.39. The van der Waals surface area contributed by atoms with Crippen LogP contribution in [0.15, 0.2) is 121 Å². The molecule has 6 nitrogen and oxygen atoms in total. The number of nitrogens with zero attached hydrogens (tertiary/aromatic N) is 3. The summed E-state index contributed by atoms with van der Waals surface area (Å²) in [5.41, 5.74) is 14.1. The number of aromatic amines is 2. The Bertz CT molecular complexity index is 2520. The Morgan fingerprint density at radius 3 is 1.38 bits per heavy atom. The van der Waals surface area contributed by atoms with Gasteiger partial charge in [0.2, 0.25) is 5.91 Å². The van der Waals surface area contributed by atoms with Gasteiger partial charge in [-0.15, -0.1) is 0 Å². The van der Waals surface area contributed by atoms with Gasteiger partial charge in [-0.3, -0.25) is 4.79 Å². The second kappa shape index (κ2) is 13.6. The number of H-pyrrole nitrogens is 2. The van der Waals surface area contributed by atoms with Gasteiger partial charge in [0.1, 0.15) is 0 Å². The Labute approximate surface area is 302 Å². The maximum absolute atomic E-state index is 13.4. The van der Waals surface area contributed by atoms with Crippen LogP contribution >= 0.6 is 0 Å². The van der Waals surface area contributed by atoms with Gasteiger partial charge in [-0.25, -0.2) is 9.97 Å². The molecule has 0 unspecified atom stereocenters. The molecule has 6 heterocycles. The van der Waals surface area contributed by atoms with E-state index in [4.69, 9.17) is 9.97 Å². The lowest BCUT2D eigenvalue weighted by atomic mass is 10.0. The lowest BCUT2D eigenvalue weighted by Gasteiger charge is -2.25. The van der Waals surface area contributed by atoms with Crippen molar-refractivity contribution in [3.05, 3.63) is 150 Å². The predicted molar refractivity (Wildman–Crippen MR) is 215 cm³/mol. The number of aromatic nitrogens is 4. The number of rotatable bonds is 5. The summed E-state index contributed by atoms with van der Waals surface area (Å²) in [5, 5.41) is 0. The zero-order valence-electron chi connectivity index (χ0n) is 28.7. The SMILES string of the molecule is O=C(/C=C/c1c2nc(c(-c3ccccc3)c3ccc([nH]3)c(-c3ccccc3)c3nc(c(-c4ccccc4)c4ccc1[nH]4)C=C3)C=C2)N1CCCCC1. The lowest BCUT2D eigenvalue weighted by Crippen LogP contribution is -2.34. The summed E-state index contributed by atoms with van der Waals surface area (Å²) < 4.78 is 0. The van der Waals surface area contributed by atoms with Gasteiger partial charge in [0, 0.05) is 63.5 Å². The third-order valence-electron chi connectivity index (χ3n) is 10.0. The maximum Gasteiger partial charge on any atom is 0.246 e. The third kappa shape index (κ3) is 5.98. The van der Waals surface area contributed by atoms with Crippen molar-refractivity contribution in [1.82, 2.24) is 24.8 Å². The van der Waals surface area contributed by atoms with Gasteiger partial charge < -0.3 is 14.9 Å². The molecule has 3 aromatic carbocycles. The molecule has 1 fully saturated rings. The zero-order chi connectivity index (χ0) is 34.9. The molecule has 52 heavy (non-hydrogen) atoms. The molecule has 6 aromatic rings. The number of piperidine rings is 1. The van der Waals surface area contributed by atoms with Crippen molar-refractivity contribution in [2.45, 2.75) is 19.3 Å². The van der Waals surface area contributed by atoms with E-state index in [1.165, 1.54) is 6.42 Å². The van der Waals surface area contributed by atoms with Crippen molar-refractivity contribution in [3.63, 3.8) is 0 Å². The van der Waals surface area contributed by atoms with Crippen molar-refractivity contribution in [2.75, 3.05) is 13.1 Å². The number of benzene rings is 3. The molecular formula is C46H37N5O. The van der Waals surface area contributed by atoms with Crippen LogP contribution in [0.25, 0.3) is 85.8 Å². The maximum atomic E-state index is 13.4. The fourth-order valence-corrected chi connectivity index (χ4v) is 7.50. The van der Waals surface area contributed by atoms with Crippen LogP contribution in [0.4, 0.5) is 0 Å². The molecule has 9 rings (SSSR count). The van der Waals surface area contributed by atoms with Crippen LogP contribution in [-0.4, -0.2) is 43.8 Å². The van der Waals surface area contributed by atoms with Crippen molar-refractivity contribution < 1.29 is 4.79 Å². The highest BCUT2D eigenvalue weighted by Crippen LogP contribution is 2.36. The Morgan fingerprint density at radius 2 is 0.904 bits per heavy atom. The minimum absolute atomic E-state index is 0.0314. The van der Waals surface area contributed by atoms with Gasteiger partial charge in [0.05, 0.1) is 22.8 Å². The van der Waals surface area contributed by atoms with Crippen LogP contribution < -0.4 is 0 Å². The van der Waals surface area contributed by atoms with Gasteiger partial charge in [-0.1, -0.05) is 91.0 Å². The number of carbonyl (C=O) groups is 1. The smallest absolute Gasteiger partial charge is 0.246 e. The van der Waals surface area contributed by atoms with Crippen LogP contribution in [0.1, 0.15) is 47.6 Å². The molecule has 3 aliphatic rings. The van der Waals surface area contributed by atoms with Crippen LogP contribution in [0.5, 0.6) is 0 Å². The largest absolute Gasteiger partial charge is 0.354 e. The molecule has 1 amide bonds. The van der Waals surface area contributed by atoms with Gasteiger partial charge in [0.25, 0.3) is 0 Å². The number of carbonyl (C=O) groups excluding carboxylic acids is 1. The fraction of sp³-hybridized carbons (Fsp3) is 0.109. The second-order valence-corrected chi connectivity index (χ2v) is 13.4. The molecule has 0 radical (unpaired) electrons. The van der Waals surface area contributed by atoms with E-state index in [0.29, 0.717) is 0 Å². The summed E-state index contributed by atoms with van der Waals surface area (Å²) in [7, 11) is 0. The monoisotopic (exact) mass is 675 g/mol. The number of amides is 1. The van der Waals surface area contributed by atoms with Crippen molar-refractivity contribution in [2.24, 2.45) is 0 Å². The molecule has 1 saturated heterocycles. The number of nitrogens with one attached hydrogen (secondary N) is 2. The Morgan fingerprint density at radius 1 is 0.500 bits per heavy atom. The molecule has 3 aromatic heterocycles. The van der Waals surface area contributed by atoms with Gasteiger partial charge in [0.15, 0.2) is 0 Å². The Hall–Kier alpha value is -6.53. The lowest BCUT2D eigenvalue weighted by molar-refractivity contribution is -0.126. The quantitative estimate of drug-likeness (QED) is 0.178. The molecular weight excluding hydrogens is 639 g/mol. The molecule has 2 N–H and O–H groups in total. The van der Waals surface area contributed by atoms with Gasteiger partial charge in [-0.05, 0) is 90.6 Å². The van der Waals surface area contributed by atoms with E-state index in [1.54, 1.807) is 6.08 Å². The molecule has 0 aliphatic carbocycles. The first-order valence-electron chi connectivity index (χ1n) is 18.0. The van der Waals surface area contributed by atoms with E-state index in [1.807, 2.05) is 29.2 Å². The molecule has 6 heteroatoms. The molecule has 3 aliphatic heterocycles. The van der Waals surface area contributed by atoms with Crippen molar-refractivity contribution >= 4 is 58.4 Å². The fourth-order valence-electron chi connectivity index (χ4n) is 7.50. The van der Waals surface area contributed by atoms with Crippen LogP contribution in [0.3, 0.4) is 0 Å². The van der Waals surface area contributed by atoms with E-state index < -0.39 is 0 Å². The second-order valence-electron chi connectivity index (χ2n) is 13.4. The standard InChI is InChI=1S/C46H37N5O/c52-43(51-29-11-4-12-30-51)28-19-34-35-20-22-37(47-35)44(31-13-5-1-6-14-31)39-24-26-41(49-39)46(33-17-9-3-10-18-33)42-27-25-40(50-42)45(32-15-7-2-8-16-32)38-23-21-36(34)48-38/h1-3,5-10,13-28,47,50H,4,11-12,29-30H2/b28-19+,35-34?,36-34?,44-37?,44-39?,45-38?,45-40?,46-41?,46-42?. The number of hydrogen-bond acceptors (Lipinski definition) is 3. The van der Waals surface area contributed by atoms with Crippen LogP contribution in [-0.2, 0) is 4.79 Å². The van der Waals surface area contributed by atoms with E-state index in [9.17, 15) is 4.79 Å². The van der Waals surface area contributed by atoms with E-state index in [-0.39, 0.29) is 5.91 Å². The predicted octanol–water partition coefficient (Wildman–Crippen LogP) is 10.7. The summed E-state index contributed by atoms with van der Waals surface area (Å²) in [6.45, 7) is 1.59. The summed E-state index contributed by atoms with van der Waals surface area (Å²) in [4.78, 5) is 33.5. The molecule has 252 valence electrons. The average Bonchev–Trinajstić information content (AvgIpc) is 4.04. The minimum atomic E-state index is 0.0314. The van der Waals surface area contributed by atoms with Crippen molar-refractivity contribution in [3.8, 4) is 33.4 Å². The first kappa shape index (κ1) is 31.5. The minimum Gasteiger partial charge on any atom is -0.354 e. The first-order chi connectivity index (χ1) is 25.7. The molecule has 0 saturated carbocycles. The van der Waals surface area contributed by atoms with E-state index in [2.05, 4.69) is 131 Å². The zero-order valence-corrected chi connectivity index (χ0v) is 28.7. The van der Waals surface area contributed by atoms with Crippen LogP contribution in [0, 0.1) is 0 Å². The normalized spacial score (nSPS) is 14.0. The van der Waals surface area contributed by atoms with Crippen molar-refractivity contribution in [1.29, 1.82) is 0 Å². The highest BCUT2D eigenvalue weighted by Gasteiger charge is 2.19. The Kier molecular flexibility index (Phi) is 8.25. The summed E-state index contributed by atoms with van der Waals surface area (Å²) in [6, 6.07) is 39.7. The van der Waals surface area contributed by atoms with Crippen LogP contribution in [0.2, 0.25) is 0 Å². The average molecular weight is 676 g/mol. The van der Waals surface area contributed by atoms with Gasteiger partial charge in [-0.2, -0.15) is 0 Å².